The van der Waals surface area contributed by atoms with Crippen molar-refractivity contribution in [2.24, 2.45) is 5.92 Å². The summed E-state index contributed by atoms with van der Waals surface area (Å²) in [6, 6.07) is 6.52. The maximum Gasteiger partial charge on any atom is 0.344 e. The number of amides is 1. The Bertz CT molecular complexity index is 598. The number of hydrogen-bond acceptors (Lipinski definition) is 5. The summed E-state index contributed by atoms with van der Waals surface area (Å²) in [6.45, 7) is 3.39. The highest BCUT2D eigenvalue weighted by atomic mass is 16.6. The zero-order valence-corrected chi connectivity index (χ0v) is 14.7. The minimum atomic E-state index is -0.859. The predicted molar refractivity (Wildman–Crippen MR) is 92.4 cm³/mol. The van der Waals surface area contributed by atoms with Gasteiger partial charge in [0.15, 0.2) is 12.7 Å². The summed E-state index contributed by atoms with van der Waals surface area (Å²) in [5.74, 6) is 0.00944. The van der Waals surface area contributed by atoms with Gasteiger partial charge < -0.3 is 14.8 Å². The first-order valence-corrected chi connectivity index (χ1v) is 8.67. The van der Waals surface area contributed by atoms with E-state index in [0.29, 0.717) is 17.2 Å². The lowest BCUT2D eigenvalue weighted by atomic mass is 9.86. The molecule has 136 valence electrons. The summed E-state index contributed by atoms with van der Waals surface area (Å²) in [4.78, 5) is 34.6. The average molecular weight is 347 g/mol. The highest BCUT2D eigenvalue weighted by molar-refractivity contribution is 5.84. The second-order valence-electron chi connectivity index (χ2n) is 6.48. The van der Waals surface area contributed by atoms with Crippen LogP contribution < -0.4 is 10.1 Å². The molecule has 0 aliphatic heterocycles. The maximum atomic E-state index is 12.2. The van der Waals surface area contributed by atoms with Crippen molar-refractivity contribution in [3.63, 3.8) is 0 Å². The molecule has 3 atom stereocenters. The first kappa shape index (κ1) is 19.0. The normalized spacial score (nSPS) is 21.0. The van der Waals surface area contributed by atoms with Crippen LogP contribution in [0.15, 0.2) is 24.3 Å². The van der Waals surface area contributed by atoms with Crippen LogP contribution in [0.2, 0.25) is 0 Å². The van der Waals surface area contributed by atoms with E-state index in [1.54, 1.807) is 31.2 Å². The monoisotopic (exact) mass is 347 g/mol. The molecule has 1 aliphatic carbocycles. The molecule has 0 unspecified atom stereocenters. The Kier molecular flexibility index (Phi) is 6.98. The van der Waals surface area contributed by atoms with Crippen LogP contribution in [0.5, 0.6) is 5.75 Å². The van der Waals surface area contributed by atoms with E-state index >= 15 is 0 Å². The zero-order valence-electron chi connectivity index (χ0n) is 14.7. The molecule has 2 rings (SSSR count). The molecule has 1 N–H and O–H groups in total. The molecule has 1 aliphatic rings. The summed E-state index contributed by atoms with van der Waals surface area (Å²) < 4.78 is 10.4. The smallest absolute Gasteiger partial charge is 0.344 e. The van der Waals surface area contributed by atoms with Gasteiger partial charge in [0.05, 0.1) is 0 Å². The number of aldehydes is 1. The third-order valence-electron chi connectivity index (χ3n) is 4.49. The Balaban J connectivity index is 1.74. The van der Waals surface area contributed by atoms with Crippen LogP contribution in [-0.2, 0) is 14.3 Å². The lowest BCUT2D eigenvalue weighted by molar-refractivity contribution is -0.157. The molecule has 1 aromatic carbocycles. The fraction of sp³-hybridized carbons (Fsp3) is 0.526. The second-order valence-corrected chi connectivity index (χ2v) is 6.48. The van der Waals surface area contributed by atoms with E-state index in [4.69, 9.17) is 9.47 Å². The molecule has 1 amide bonds. The molecule has 1 fully saturated rings. The molecule has 6 heteroatoms. The van der Waals surface area contributed by atoms with Gasteiger partial charge in [-0.3, -0.25) is 9.59 Å². The van der Waals surface area contributed by atoms with Gasteiger partial charge in [-0.15, -0.1) is 0 Å². The standard InChI is InChI=1S/C19H25NO5/c1-13-5-3-4-6-17(13)20-19(23)14(2)25-18(22)12-24-16-9-7-15(11-21)8-10-16/h7-11,13-14,17H,3-6,12H2,1-2H3,(H,20,23)/t13-,14+,17+/m0/s1. The summed E-state index contributed by atoms with van der Waals surface area (Å²) in [5.41, 5.74) is 0.525. The first-order chi connectivity index (χ1) is 12.0. The maximum absolute atomic E-state index is 12.2. The Morgan fingerprint density at radius 3 is 2.56 bits per heavy atom. The zero-order chi connectivity index (χ0) is 18.2. The molecule has 25 heavy (non-hydrogen) atoms. The molecule has 0 heterocycles. The van der Waals surface area contributed by atoms with Crippen molar-refractivity contribution in [3.05, 3.63) is 29.8 Å². The van der Waals surface area contributed by atoms with Gasteiger partial charge in [0.1, 0.15) is 12.0 Å². The van der Waals surface area contributed by atoms with Crippen LogP contribution in [0, 0.1) is 5.92 Å². The van der Waals surface area contributed by atoms with Crippen molar-refractivity contribution in [1.82, 2.24) is 5.32 Å². The average Bonchev–Trinajstić information content (AvgIpc) is 2.62. The second kappa shape index (κ2) is 9.20. The Hall–Kier alpha value is -2.37. The van der Waals surface area contributed by atoms with Crippen molar-refractivity contribution in [2.75, 3.05) is 6.61 Å². The third-order valence-corrected chi connectivity index (χ3v) is 4.49. The fourth-order valence-corrected chi connectivity index (χ4v) is 2.90. The highest BCUT2D eigenvalue weighted by Crippen LogP contribution is 2.23. The van der Waals surface area contributed by atoms with Crippen molar-refractivity contribution in [3.8, 4) is 5.75 Å². The van der Waals surface area contributed by atoms with E-state index in [2.05, 4.69) is 12.2 Å². The number of ether oxygens (including phenoxy) is 2. The van der Waals surface area contributed by atoms with E-state index in [1.165, 1.54) is 6.42 Å². The lowest BCUT2D eigenvalue weighted by Crippen LogP contribution is -2.46. The molecule has 0 saturated heterocycles. The van der Waals surface area contributed by atoms with E-state index in [-0.39, 0.29) is 18.6 Å². The summed E-state index contributed by atoms with van der Waals surface area (Å²) in [5, 5.41) is 2.97. The largest absolute Gasteiger partial charge is 0.482 e. The van der Waals surface area contributed by atoms with Gasteiger partial charge in [0, 0.05) is 11.6 Å². The number of esters is 1. The third kappa shape index (κ3) is 5.89. The summed E-state index contributed by atoms with van der Waals surface area (Å²) >= 11 is 0. The van der Waals surface area contributed by atoms with Gasteiger partial charge in [-0.1, -0.05) is 19.8 Å². The van der Waals surface area contributed by atoms with Gasteiger partial charge in [-0.05, 0) is 49.9 Å². The SMILES string of the molecule is C[C@@H](OC(=O)COc1ccc(C=O)cc1)C(=O)N[C@@H]1CCCC[C@@H]1C. The molecule has 0 radical (unpaired) electrons. The molecular weight excluding hydrogens is 322 g/mol. The van der Waals surface area contributed by atoms with E-state index in [1.807, 2.05) is 0 Å². The van der Waals surface area contributed by atoms with E-state index in [9.17, 15) is 14.4 Å². The van der Waals surface area contributed by atoms with Crippen molar-refractivity contribution in [1.29, 1.82) is 0 Å². The van der Waals surface area contributed by atoms with Crippen molar-refractivity contribution in [2.45, 2.75) is 51.7 Å². The first-order valence-electron chi connectivity index (χ1n) is 8.67. The van der Waals surface area contributed by atoms with Crippen LogP contribution in [0.4, 0.5) is 0 Å². The number of carbonyl (C=O) groups excluding carboxylic acids is 3. The van der Waals surface area contributed by atoms with Crippen LogP contribution in [0.25, 0.3) is 0 Å². The van der Waals surface area contributed by atoms with Gasteiger partial charge >= 0.3 is 5.97 Å². The van der Waals surface area contributed by atoms with E-state index < -0.39 is 12.1 Å². The van der Waals surface area contributed by atoms with Gasteiger partial charge in [0.2, 0.25) is 0 Å². The Morgan fingerprint density at radius 2 is 1.92 bits per heavy atom. The summed E-state index contributed by atoms with van der Waals surface area (Å²) in [7, 11) is 0. The fourth-order valence-electron chi connectivity index (χ4n) is 2.90. The van der Waals surface area contributed by atoms with Gasteiger partial charge in [-0.2, -0.15) is 0 Å². The van der Waals surface area contributed by atoms with Gasteiger partial charge in [-0.25, -0.2) is 4.79 Å². The molecule has 0 aromatic heterocycles. The Labute approximate surface area is 147 Å². The molecule has 1 saturated carbocycles. The van der Waals surface area contributed by atoms with Crippen LogP contribution in [0.3, 0.4) is 0 Å². The minimum Gasteiger partial charge on any atom is -0.482 e. The van der Waals surface area contributed by atoms with Gasteiger partial charge in [0.25, 0.3) is 5.91 Å². The molecule has 0 bridgehead atoms. The Morgan fingerprint density at radius 1 is 1.24 bits per heavy atom. The number of hydrogen-bond donors (Lipinski definition) is 1. The highest BCUT2D eigenvalue weighted by Gasteiger charge is 2.26. The predicted octanol–water partition coefficient (Wildman–Crippen LogP) is 2.50. The molecule has 0 spiro atoms. The minimum absolute atomic E-state index is 0.148. The quantitative estimate of drug-likeness (QED) is 0.605. The number of rotatable bonds is 7. The number of nitrogens with one attached hydrogen (secondary N) is 1. The number of carbonyl (C=O) groups is 3. The van der Waals surface area contributed by atoms with Crippen molar-refractivity contribution >= 4 is 18.2 Å². The molecular formula is C19H25NO5. The van der Waals surface area contributed by atoms with Crippen LogP contribution in [-0.4, -0.2) is 36.9 Å². The lowest BCUT2D eigenvalue weighted by Gasteiger charge is -2.30. The molecule has 1 aromatic rings. The molecule has 6 nitrogen and oxygen atoms in total. The van der Waals surface area contributed by atoms with Crippen molar-refractivity contribution < 1.29 is 23.9 Å². The summed E-state index contributed by atoms with van der Waals surface area (Å²) in [6.07, 6.45) is 4.25. The topological polar surface area (TPSA) is 81.7 Å². The number of benzene rings is 1. The van der Waals surface area contributed by atoms with Crippen LogP contribution in [0.1, 0.15) is 49.9 Å². The van der Waals surface area contributed by atoms with Crippen LogP contribution >= 0.6 is 0 Å². The van der Waals surface area contributed by atoms with E-state index in [0.717, 1.165) is 25.5 Å².